The molecule has 3 aliphatic carbocycles. The van der Waals surface area contributed by atoms with E-state index in [1.807, 2.05) is 0 Å². The van der Waals surface area contributed by atoms with Crippen molar-refractivity contribution in [1.82, 2.24) is 0 Å². The van der Waals surface area contributed by atoms with E-state index in [4.69, 9.17) is 0 Å². The van der Waals surface area contributed by atoms with Crippen LogP contribution in [0.25, 0.3) is 0 Å². The van der Waals surface area contributed by atoms with Crippen LogP contribution in [0.5, 0.6) is 0 Å². The molecule has 110 valence electrons. The van der Waals surface area contributed by atoms with E-state index in [1.54, 1.807) is 51.4 Å². The molecule has 3 aliphatic rings. The topological polar surface area (TPSA) is 0 Å². The van der Waals surface area contributed by atoms with Gasteiger partial charge in [-0.15, -0.1) is 0 Å². The number of hydrogen-bond acceptors (Lipinski definition) is 0. The highest BCUT2D eigenvalue weighted by atomic mass is 14.4. The first kappa shape index (κ1) is 14.0. The molecule has 3 fully saturated rings. The van der Waals surface area contributed by atoms with Gasteiger partial charge in [-0.2, -0.15) is 0 Å². The Labute approximate surface area is 120 Å². The van der Waals surface area contributed by atoms with E-state index in [0.29, 0.717) is 0 Å². The van der Waals surface area contributed by atoms with Crippen LogP contribution in [0, 0.1) is 35.5 Å². The van der Waals surface area contributed by atoms with E-state index in [2.05, 4.69) is 13.8 Å². The van der Waals surface area contributed by atoms with E-state index in [0.717, 1.165) is 35.5 Å². The fourth-order valence-corrected chi connectivity index (χ4v) is 5.58. The van der Waals surface area contributed by atoms with Crippen LogP contribution < -0.4 is 0 Å². The average molecular weight is 262 g/mol. The summed E-state index contributed by atoms with van der Waals surface area (Å²) < 4.78 is 0. The lowest BCUT2D eigenvalue weighted by Gasteiger charge is -2.45. The fraction of sp³-hybridized carbons (Fsp3) is 1.00. The zero-order chi connectivity index (χ0) is 13.2. The van der Waals surface area contributed by atoms with Gasteiger partial charge in [-0.05, 0) is 80.5 Å². The predicted octanol–water partition coefficient (Wildman–Crippen LogP) is 6.06. The molecule has 0 spiro atoms. The van der Waals surface area contributed by atoms with E-state index < -0.39 is 0 Å². The van der Waals surface area contributed by atoms with Crippen molar-refractivity contribution in [3.8, 4) is 0 Å². The minimum atomic E-state index is 1.02. The molecule has 0 amide bonds. The third kappa shape index (κ3) is 3.19. The van der Waals surface area contributed by atoms with Gasteiger partial charge in [0.1, 0.15) is 0 Å². The molecular formula is C19H34. The fourth-order valence-electron chi connectivity index (χ4n) is 5.58. The van der Waals surface area contributed by atoms with Gasteiger partial charge < -0.3 is 0 Å². The maximum Gasteiger partial charge on any atom is -0.0383 e. The van der Waals surface area contributed by atoms with E-state index in [-0.39, 0.29) is 0 Å². The lowest BCUT2D eigenvalue weighted by Crippen LogP contribution is -2.34. The standard InChI is InChI=1S/C19H34/c1-3-15-6-9-19-13-18(11-10-17(19)12-15)16-7-4-14(2)5-8-16/h14-19H,3-13H2,1-2H3. The second-order valence-electron chi connectivity index (χ2n) is 8.20. The Hall–Kier alpha value is 0. The molecule has 3 rings (SSSR count). The van der Waals surface area contributed by atoms with Crippen molar-refractivity contribution in [2.24, 2.45) is 35.5 Å². The molecule has 0 aromatic heterocycles. The summed E-state index contributed by atoms with van der Waals surface area (Å²) in [6.45, 7) is 4.86. The summed E-state index contributed by atoms with van der Waals surface area (Å²) >= 11 is 0. The van der Waals surface area contributed by atoms with Crippen LogP contribution in [0.15, 0.2) is 0 Å². The van der Waals surface area contributed by atoms with Crippen LogP contribution in [-0.4, -0.2) is 0 Å². The largest absolute Gasteiger partial charge is 0.0651 e. The third-order valence-electron chi connectivity index (χ3n) is 7.07. The average Bonchev–Trinajstić information content (AvgIpc) is 2.47. The van der Waals surface area contributed by atoms with Gasteiger partial charge >= 0.3 is 0 Å². The van der Waals surface area contributed by atoms with Crippen molar-refractivity contribution in [3.05, 3.63) is 0 Å². The van der Waals surface area contributed by atoms with Gasteiger partial charge in [0.05, 0.1) is 0 Å². The second kappa shape index (κ2) is 6.19. The lowest BCUT2D eigenvalue weighted by molar-refractivity contribution is 0.0605. The number of fused-ring (bicyclic) bond motifs is 1. The van der Waals surface area contributed by atoms with Crippen molar-refractivity contribution in [2.45, 2.75) is 84.5 Å². The van der Waals surface area contributed by atoms with E-state index >= 15 is 0 Å². The highest BCUT2D eigenvalue weighted by Gasteiger charge is 2.37. The van der Waals surface area contributed by atoms with Gasteiger partial charge in [0, 0.05) is 0 Å². The summed E-state index contributed by atoms with van der Waals surface area (Å²) in [6.07, 6.45) is 17.1. The molecule has 0 N–H and O–H groups in total. The van der Waals surface area contributed by atoms with Gasteiger partial charge in [0.25, 0.3) is 0 Å². The van der Waals surface area contributed by atoms with Crippen LogP contribution in [0.4, 0.5) is 0 Å². The highest BCUT2D eigenvalue weighted by Crippen LogP contribution is 2.49. The number of rotatable bonds is 2. The van der Waals surface area contributed by atoms with Crippen molar-refractivity contribution in [2.75, 3.05) is 0 Å². The number of hydrogen-bond donors (Lipinski definition) is 0. The summed E-state index contributed by atoms with van der Waals surface area (Å²) in [6, 6.07) is 0. The molecule has 0 aliphatic heterocycles. The Kier molecular flexibility index (Phi) is 4.54. The van der Waals surface area contributed by atoms with Gasteiger partial charge in [-0.1, -0.05) is 39.5 Å². The van der Waals surface area contributed by atoms with Crippen molar-refractivity contribution < 1.29 is 0 Å². The molecule has 0 radical (unpaired) electrons. The van der Waals surface area contributed by atoms with Crippen LogP contribution >= 0.6 is 0 Å². The minimum absolute atomic E-state index is 1.02. The minimum Gasteiger partial charge on any atom is -0.0651 e. The van der Waals surface area contributed by atoms with Crippen molar-refractivity contribution in [3.63, 3.8) is 0 Å². The molecule has 19 heavy (non-hydrogen) atoms. The predicted molar refractivity (Wildman–Crippen MR) is 83.1 cm³/mol. The maximum atomic E-state index is 2.46. The van der Waals surface area contributed by atoms with Crippen molar-refractivity contribution in [1.29, 1.82) is 0 Å². The van der Waals surface area contributed by atoms with Crippen LogP contribution in [0.2, 0.25) is 0 Å². The van der Waals surface area contributed by atoms with Gasteiger partial charge in [0.2, 0.25) is 0 Å². The smallest absolute Gasteiger partial charge is 0.0383 e. The highest BCUT2D eigenvalue weighted by molar-refractivity contribution is 4.88. The quantitative estimate of drug-likeness (QED) is 0.568. The summed E-state index contributed by atoms with van der Waals surface area (Å²) in [4.78, 5) is 0. The summed E-state index contributed by atoms with van der Waals surface area (Å²) in [5.74, 6) is 6.58. The van der Waals surface area contributed by atoms with Crippen LogP contribution in [0.1, 0.15) is 84.5 Å². The molecule has 0 heterocycles. The Bertz CT molecular complexity index is 274. The molecule has 0 heteroatoms. The summed E-state index contributed by atoms with van der Waals surface area (Å²) in [5.41, 5.74) is 0. The first-order valence-electron chi connectivity index (χ1n) is 9.26. The monoisotopic (exact) mass is 262 g/mol. The molecule has 0 nitrogen and oxygen atoms in total. The molecule has 4 atom stereocenters. The normalized spacial score (nSPS) is 47.7. The Morgan fingerprint density at radius 2 is 1.16 bits per heavy atom. The Balaban J connectivity index is 1.52. The maximum absolute atomic E-state index is 2.46. The van der Waals surface area contributed by atoms with Crippen molar-refractivity contribution >= 4 is 0 Å². The summed E-state index contributed by atoms with van der Waals surface area (Å²) in [5, 5.41) is 0. The first-order chi connectivity index (χ1) is 9.26. The van der Waals surface area contributed by atoms with E-state index in [9.17, 15) is 0 Å². The second-order valence-corrected chi connectivity index (χ2v) is 8.20. The summed E-state index contributed by atoms with van der Waals surface area (Å²) in [7, 11) is 0. The van der Waals surface area contributed by atoms with Crippen LogP contribution in [0.3, 0.4) is 0 Å². The molecule has 0 aromatic carbocycles. The molecule has 3 saturated carbocycles. The molecule has 4 unspecified atom stereocenters. The van der Waals surface area contributed by atoms with Gasteiger partial charge in [0.15, 0.2) is 0 Å². The first-order valence-corrected chi connectivity index (χ1v) is 9.26. The zero-order valence-corrected chi connectivity index (χ0v) is 13.2. The zero-order valence-electron chi connectivity index (χ0n) is 13.2. The SMILES string of the molecule is CCC1CCC2CC(C3CCC(C)CC3)CCC2C1. The molecular weight excluding hydrogens is 228 g/mol. The van der Waals surface area contributed by atoms with Gasteiger partial charge in [-0.25, -0.2) is 0 Å². The molecule has 0 bridgehead atoms. The molecule has 0 saturated heterocycles. The Morgan fingerprint density at radius 3 is 1.84 bits per heavy atom. The van der Waals surface area contributed by atoms with E-state index in [1.165, 1.54) is 19.3 Å². The Morgan fingerprint density at radius 1 is 0.632 bits per heavy atom. The molecule has 0 aromatic rings. The van der Waals surface area contributed by atoms with Crippen LogP contribution in [-0.2, 0) is 0 Å². The van der Waals surface area contributed by atoms with Gasteiger partial charge in [-0.3, -0.25) is 0 Å². The lowest BCUT2D eigenvalue weighted by atomic mass is 9.61. The third-order valence-corrected chi connectivity index (χ3v) is 7.07.